The fourth-order valence-corrected chi connectivity index (χ4v) is 2.53. The largest absolute Gasteiger partial charge is 0.411 e. The lowest BCUT2D eigenvalue weighted by atomic mass is 9.98. The highest BCUT2D eigenvalue weighted by Crippen LogP contribution is 2.34. The summed E-state index contributed by atoms with van der Waals surface area (Å²) in [5.74, 6) is 0. The number of thiol groups is 1. The molecule has 1 fully saturated rings. The topological polar surface area (TPSA) is 9.23 Å². The lowest BCUT2D eigenvalue weighted by Gasteiger charge is -2.15. The molecule has 0 radical (unpaired) electrons. The molecule has 1 atom stereocenters. The van der Waals surface area contributed by atoms with Crippen molar-refractivity contribution in [1.29, 1.82) is 0 Å². The van der Waals surface area contributed by atoms with E-state index in [9.17, 15) is 0 Å². The molecule has 1 rings (SSSR count). The van der Waals surface area contributed by atoms with Gasteiger partial charge in [-0.15, -0.1) is 0 Å². The smallest absolute Gasteiger partial charge is 0.155 e. The molecule has 58 valence electrons. The summed E-state index contributed by atoms with van der Waals surface area (Å²) >= 11 is 8.93. The molecule has 1 unspecified atom stereocenters. The summed E-state index contributed by atoms with van der Waals surface area (Å²) < 4.78 is 5.43. The van der Waals surface area contributed by atoms with E-state index in [2.05, 4.69) is 12.2 Å². The second-order valence-corrected chi connectivity index (χ2v) is 6.19. The van der Waals surface area contributed by atoms with Gasteiger partial charge in [0.2, 0.25) is 11.8 Å². The van der Waals surface area contributed by atoms with Crippen LogP contribution in [0.5, 0.6) is 0 Å². The van der Waals surface area contributed by atoms with E-state index in [4.69, 9.17) is 16.3 Å². The Balaban J connectivity index is 2.19. The molecular weight excluding hydrogens is 183 g/mol. The summed E-state index contributed by atoms with van der Waals surface area (Å²) in [6.45, 7) is 0. The molecular formula is C6H12OPS2+. The average Bonchev–Trinajstić information content (AvgIpc) is 1.88. The summed E-state index contributed by atoms with van der Waals surface area (Å²) in [6, 6.07) is 0. The van der Waals surface area contributed by atoms with E-state index in [1.54, 1.807) is 0 Å². The molecule has 0 heterocycles. The van der Waals surface area contributed by atoms with Crippen molar-refractivity contribution in [3.8, 4) is 0 Å². The van der Waals surface area contributed by atoms with Crippen LogP contribution in [0.4, 0.5) is 0 Å². The van der Waals surface area contributed by atoms with Crippen LogP contribution in [0, 0.1) is 0 Å². The van der Waals surface area contributed by atoms with Crippen molar-refractivity contribution >= 4 is 30.2 Å². The van der Waals surface area contributed by atoms with Crippen LogP contribution in [0.15, 0.2) is 0 Å². The number of rotatable bonds is 2. The maximum absolute atomic E-state index is 5.43. The maximum atomic E-state index is 5.43. The predicted molar refractivity (Wildman–Crippen MR) is 51.2 cm³/mol. The summed E-state index contributed by atoms with van der Waals surface area (Å²) in [5.41, 5.74) is 0. The molecule has 0 N–H and O–H groups in total. The first-order valence-corrected chi connectivity index (χ1v) is 7.04. The quantitative estimate of drug-likeness (QED) is 0.535. The van der Waals surface area contributed by atoms with Crippen molar-refractivity contribution in [2.24, 2.45) is 0 Å². The summed E-state index contributed by atoms with van der Waals surface area (Å²) in [4.78, 5) is 0. The van der Waals surface area contributed by atoms with Crippen molar-refractivity contribution < 1.29 is 4.52 Å². The molecule has 0 saturated heterocycles. The van der Waals surface area contributed by atoms with Gasteiger partial charge in [0.15, 0.2) is 0 Å². The van der Waals surface area contributed by atoms with E-state index in [1.165, 1.54) is 32.1 Å². The standard InChI is InChI=1S/C6H11OPS2/c9-8(10)7-6-4-2-1-3-5-6/h6H,1-5H2/p+1. The predicted octanol–water partition coefficient (Wildman–Crippen LogP) is 3.04. The van der Waals surface area contributed by atoms with Crippen LogP contribution in [-0.4, -0.2) is 6.10 Å². The van der Waals surface area contributed by atoms with Crippen LogP contribution in [-0.2, 0) is 16.3 Å². The average molecular weight is 195 g/mol. The third kappa shape index (κ3) is 3.29. The molecule has 0 aromatic heterocycles. The third-order valence-corrected chi connectivity index (χ3v) is 2.81. The Morgan fingerprint density at radius 3 is 2.40 bits per heavy atom. The van der Waals surface area contributed by atoms with E-state index >= 15 is 0 Å². The van der Waals surface area contributed by atoms with Gasteiger partial charge in [-0.2, -0.15) is 4.52 Å². The zero-order valence-corrected chi connectivity index (χ0v) is 8.43. The molecule has 1 aliphatic carbocycles. The molecule has 4 heteroatoms. The monoisotopic (exact) mass is 195 g/mol. The lowest BCUT2D eigenvalue weighted by Crippen LogP contribution is -2.12. The van der Waals surface area contributed by atoms with Gasteiger partial charge in [0.1, 0.15) is 18.4 Å². The fraction of sp³-hybridized carbons (Fsp3) is 1.00. The van der Waals surface area contributed by atoms with Crippen molar-refractivity contribution in [1.82, 2.24) is 0 Å². The van der Waals surface area contributed by atoms with E-state index in [-0.39, 0.29) is 0 Å². The first kappa shape index (κ1) is 8.92. The van der Waals surface area contributed by atoms with Gasteiger partial charge in [0, 0.05) is 0 Å². The molecule has 0 aromatic rings. The van der Waals surface area contributed by atoms with Crippen LogP contribution in [0.2, 0.25) is 0 Å². The zero-order valence-electron chi connectivity index (χ0n) is 5.82. The molecule has 0 bridgehead atoms. The molecule has 0 spiro atoms. The third-order valence-electron chi connectivity index (χ3n) is 1.79. The van der Waals surface area contributed by atoms with Crippen LogP contribution in [0.3, 0.4) is 0 Å². The van der Waals surface area contributed by atoms with E-state index < -0.39 is 6.13 Å². The Bertz CT molecular complexity index is 123. The molecule has 0 aromatic carbocycles. The van der Waals surface area contributed by atoms with Crippen LogP contribution in [0.25, 0.3) is 0 Å². The van der Waals surface area contributed by atoms with Crippen molar-refractivity contribution in [3.05, 3.63) is 0 Å². The minimum atomic E-state index is -0.846. The first-order valence-electron chi connectivity index (χ1n) is 3.62. The summed E-state index contributed by atoms with van der Waals surface area (Å²) in [7, 11) is 0. The van der Waals surface area contributed by atoms with Gasteiger partial charge >= 0.3 is 6.13 Å². The molecule has 1 nitrogen and oxygen atoms in total. The molecule has 0 aliphatic heterocycles. The minimum absolute atomic E-state index is 0.426. The van der Waals surface area contributed by atoms with Gasteiger partial charge < -0.3 is 0 Å². The number of hydrogen-bond acceptors (Lipinski definition) is 2. The normalized spacial score (nSPS) is 22.7. The van der Waals surface area contributed by atoms with E-state index in [0.717, 1.165) is 0 Å². The van der Waals surface area contributed by atoms with E-state index in [1.807, 2.05) is 0 Å². The highest BCUT2D eigenvalue weighted by atomic mass is 32.9. The summed E-state index contributed by atoms with van der Waals surface area (Å²) in [5, 5.41) is 0. The Morgan fingerprint density at radius 2 is 1.90 bits per heavy atom. The van der Waals surface area contributed by atoms with Gasteiger partial charge in [-0.3, -0.25) is 0 Å². The highest BCUT2D eigenvalue weighted by Gasteiger charge is 2.20. The van der Waals surface area contributed by atoms with Gasteiger partial charge in [-0.1, -0.05) is 19.3 Å². The Kier molecular flexibility index (Phi) is 4.15. The number of hydrogen-bond donors (Lipinski definition) is 1. The maximum Gasteiger partial charge on any atom is 0.411 e. The Hall–Kier alpha value is 0.830. The van der Waals surface area contributed by atoms with E-state index in [0.29, 0.717) is 6.10 Å². The van der Waals surface area contributed by atoms with Gasteiger partial charge in [0.05, 0.1) is 0 Å². The van der Waals surface area contributed by atoms with Gasteiger partial charge in [0.25, 0.3) is 0 Å². The van der Waals surface area contributed by atoms with Crippen LogP contribution < -0.4 is 0 Å². The SMILES string of the molecule is S=[P+](S)OC1CCCCC1. The zero-order chi connectivity index (χ0) is 7.40. The molecule has 0 amide bonds. The van der Waals surface area contributed by atoms with Gasteiger partial charge in [-0.25, -0.2) is 0 Å². The van der Waals surface area contributed by atoms with Crippen molar-refractivity contribution in [2.75, 3.05) is 0 Å². The van der Waals surface area contributed by atoms with Crippen molar-refractivity contribution in [2.45, 2.75) is 38.2 Å². The molecule has 1 saturated carbocycles. The van der Waals surface area contributed by atoms with Crippen LogP contribution in [0.1, 0.15) is 32.1 Å². The molecule has 10 heavy (non-hydrogen) atoms. The Morgan fingerprint density at radius 1 is 1.30 bits per heavy atom. The van der Waals surface area contributed by atoms with Gasteiger partial charge in [-0.05, 0) is 12.8 Å². The first-order chi connectivity index (χ1) is 4.79. The second-order valence-electron chi connectivity index (χ2n) is 2.60. The minimum Gasteiger partial charge on any atom is -0.155 e. The lowest BCUT2D eigenvalue weighted by molar-refractivity contribution is 0.181. The Labute approximate surface area is 73.2 Å². The second kappa shape index (κ2) is 4.66. The van der Waals surface area contributed by atoms with Crippen molar-refractivity contribution in [3.63, 3.8) is 0 Å². The summed E-state index contributed by atoms with van der Waals surface area (Å²) in [6.07, 6.45) is 5.93. The molecule has 1 aliphatic rings. The highest BCUT2D eigenvalue weighted by molar-refractivity contribution is 8.54. The fourth-order valence-electron chi connectivity index (χ4n) is 1.30. The van der Waals surface area contributed by atoms with Crippen LogP contribution >= 0.6 is 18.4 Å².